The van der Waals surface area contributed by atoms with E-state index in [1.807, 2.05) is 34.2 Å². The largest absolute Gasteiger partial charge is 0.497 e. The molecule has 1 amide bonds. The van der Waals surface area contributed by atoms with Crippen molar-refractivity contribution in [2.75, 3.05) is 26.6 Å². The summed E-state index contributed by atoms with van der Waals surface area (Å²) < 4.78 is 17.4. The minimum atomic E-state index is -0.459. The second-order valence-corrected chi connectivity index (χ2v) is 7.71. The van der Waals surface area contributed by atoms with Crippen LogP contribution in [0.4, 0.5) is 5.69 Å². The number of imidazole rings is 1. The first-order valence-electron chi connectivity index (χ1n) is 9.68. The molecule has 1 N–H and O–H groups in total. The number of carbonyl (C=O) groups is 2. The molecular weight excluding hydrogens is 430 g/mol. The summed E-state index contributed by atoms with van der Waals surface area (Å²) in [7, 11) is 4.53. The Kier molecular flexibility index (Phi) is 6.09. The van der Waals surface area contributed by atoms with E-state index in [4.69, 9.17) is 14.2 Å². The highest BCUT2D eigenvalue weighted by Crippen LogP contribution is 2.34. The average molecular weight is 452 g/mol. The summed E-state index contributed by atoms with van der Waals surface area (Å²) in [4.78, 5) is 29.8. The Morgan fingerprint density at radius 1 is 1.09 bits per heavy atom. The summed E-state index contributed by atoms with van der Waals surface area (Å²) in [5, 5.41) is 4.73. The molecule has 0 radical (unpaired) electrons. The first kappa shape index (κ1) is 21.4. The van der Waals surface area contributed by atoms with Crippen LogP contribution in [0.3, 0.4) is 0 Å². The van der Waals surface area contributed by atoms with Gasteiger partial charge in [0.15, 0.2) is 4.96 Å². The topological polar surface area (TPSA) is 91.2 Å². The molecular formula is C23H21N3O5S. The Hall–Kier alpha value is -3.85. The quantitative estimate of drug-likeness (QED) is 0.426. The smallest absolute Gasteiger partial charge is 0.337 e. The van der Waals surface area contributed by atoms with Crippen LogP contribution in [0.2, 0.25) is 0 Å². The van der Waals surface area contributed by atoms with E-state index in [0.717, 1.165) is 21.9 Å². The maximum Gasteiger partial charge on any atom is 0.337 e. The maximum absolute atomic E-state index is 12.6. The molecule has 8 nitrogen and oxygen atoms in total. The second-order valence-electron chi connectivity index (χ2n) is 6.87. The van der Waals surface area contributed by atoms with Crippen molar-refractivity contribution in [1.29, 1.82) is 0 Å². The monoisotopic (exact) mass is 451 g/mol. The lowest BCUT2D eigenvalue weighted by Gasteiger charge is -2.08. The number of thiazole rings is 1. The molecule has 0 aliphatic carbocycles. The number of carbonyl (C=O) groups excluding carboxylic acids is 2. The highest BCUT2D eigenvalue weighted by atomic mass is 32.1. The van der Waals surface area contributed by atoms with Crippen molar-refractivity contribution in [2.24, 2.45) is 0 Å². The lowest BCUT2D eigenvalue weighted by Crippen LogP contribution is -2.15. The van der Waals surface area contributed by atoms with Gasteiger partial charge in [-0.1, -0.05) is 6.07 Å². The fourth-order valence-corrected chi connectivity index (χ4v) is 4.18. The molecule has 0 saturated carbocycles. The summed E-state index contributed by atoms with van der Waals surface area (Å²) in [6, 6.07) is 12.1. The molecule has 2 heterocycles. The molecule has 4 aromatic rings. The van der Waals surface area contributed by atoms with Gasteiger partial charge in [0, 0.05) is 28.5 Å². The van der Waals surface area contributed by atoms with Crippen LogP contribution in [-0.4, -0.2) is 42.6 Å². The number of ether oxygens (including phenoxy) is 3. The predicted molar refractivity (Wildman–Crippen MR) is 122 cm³/mol. The van der Waals surface area contributed by atoms with E-state index in [2.05, 4.69) is 10.3 Å². The van der Waals surface area contributed by atoms with E-state index in [-0.39, 0.29) is 12.3 Å². The Bertz CT molecular complexity index is 1290. The van der Waals surface area contributed by atoms with Gasteiger partial charge in [-0.25, -0.2) is 9.78 Å². The molecule has 0 aliphatic rings. The maximum atomic E-state index is 12.6. The van der Waals surface area contributed by atoms with Gasteiger partial charge in [-0.15, -0.1) is 11.3 Å². The summed E-state index contributed by atoms with van der Waals surface area (Å²) in [5.41, 5.74) is 3.22. The van der Waals surface area contributed by atoms with Gasteiger partial charge in [0.05, 0.1) is 39.0 Å². The third kappa shape index (κ3) is 4.28. The number of esters is 1. The number of methoxy groups -OCH3 is 3. The molecule has 0 saturated heterocycles. The van der Waals surface area contributed by atoms with Gasteiger partial charge < -0.3 is 19.5 Å². The van der Waals surface area contributed by atoms with Crippen LogP contribution in [-0.2, 0) is 16.0 Å². The number of hydrogen-bond acceptors (Lipinski definition) is 7. The highest BCUT2D eigenvalue weighted by molar-refractivity contribution is 7.15. The number of fused-ring (bicyclic) bond motifs is 1. The van der Waals surface area contributed by atoms with Crippen molar-refractivity contribution in [1.82, 2.24) is 9.38 Å². The van der Waals surface area contributed by atoms with Crippen LogP contribution in [0.5, 0.6) is 11.5 Å². The number of amides is 1. The lowest BCUT2D eigenvalue weighted by molar-refractivity contribution is -0.115. The first-order chi connectivity index (χ1) is 15.5. The molecule has 0 bridgehead atoms. The van der Waals surface area contributed by atoms with E-state index >= 15 is 0 Å². The van der Waals surface area contributed by atoms with Crippen LogP contribution < -0.4 is 14.8 Å². The SMILES string of the molecule is COC(=O)c1cccc(NC(=O)Cc2csc3nc(-c4cc(OC)ccc4OC)cn23)c1. The van der Waals surface area contributed by atoms with E-state index < -0.39 is 5.97 Å². The predicted octanol–water partition coefficient (Wildman–Crippen LogP) is 4.05. The molecule has 0 atom stereocenters. The van der Waals surface area contributed by atoms with Gasteiger partial charge >= 0.3 is 5.97 Å². The van der Waals surface area contributed by atoms with Gasteiger partial charge in [-0.3, -0.25) is 9.20 Å². The summed E-state index contributed by atoms with van der Waals surface area (Å²) in [6.07, 6.45) is 2.02. The zero-order valence-corrected chi connectivity index (χ0v) is 18.6. The molecule has 0 unspecified atom stereocenters. The lowest BCUT2D eigenvalue weighted by atomic mass is 10.1. The summed E-state index contributed by atoms with van der Waals surface area (Å²) in [6.45, 7) is 0. The van der Waals surface area contributed by atoms with Gasteiger partial charge in [0.25, 0.3) is 0 Å². The van der Waals surface area contributed by atoms with Gasteiger partial charge in [0.2, 0.25) is 5.91 Å². The second kappa shape index (κ2) is 9.11. The fraction of sp³-hybridized carbons (Fsp3) is 0.174. The molecule has 0 spiro atoms. The number of anilines is 1. The minimum Gasteiger partial charge on any atom is -0.497 e. The number of nitrogens with zero attached hydrogens (tertiary/aromatic N) is 2. The van der Waals surface area contributed by atoms with Crippen LogP contribution in [0.1, 0.15) is 16.1 Å². The van der Waals surface area contributed by atoms with Crippen molar-refractivity contribution >= 4 is 33.9 Å². The van der Waals surface area contributed by atoms with Crippen molar-refractivity contribution in [3.8, 4) is 22.8 Å². The van der Waals surface area contributed by atoms with Crippen molar-refractivity contribution in [3.63, 3.8) is 0 Å². The summed E-state index contributed by atoms with van der Waals surface area (Å²) >= 11 is 1.45. The normalized spacial score (nSPS) is 10.7. The number of benzene rings is 2. The molecule has 2 aromatic heterocycles. The van der Waals surface area contributed by atoms with Crippen LogP contribution in [0, 0.1) is 0 Å². The van der Waals surface area contributed by atoms with Gasteiger partial charge in [-0.05, 0) is 36.4 Å². The third-order valence-electron chi connectivity index (χ3n) is 4.88. The molecule has 0 fully saturated rings. The number of aromatic nitrogens is 2. The summed E-state index contributed by atoms with van der Waals surface area (Å²) in [5.74, 6) is 0.716. The average Bonchev–Trinajstić information content (AvgIpc) is 3.40. The Labute approximate surface area is 188 Å². The fourth-order valence-electron chi connectivity index (χ4n) is 3.31. The molecule has 2 aromatic carbocycles. The molecule has 164 valence electrons. The van der Waals surface area contributed by atoms with Gasteiger partial charge in [-0.2, -0.15) is 0 Å². The van der Waals surface area contributed by atoms with E-state index in [1.54, 1.807) is 38.5 Å². The zero-order valence-electron chi connectivity index (χ0n) is 17.7. The number of nitrogens with one attached hydrogen (secondary N) is 1. The van der Waals surface area contributed by atoms with E-state index in [0.29, 0.717) is 22.7 Å². The first-order valence-corrected chi connectivity index (χ1v) is 10.6. The van der Waals surface area contributed by atoms with Crippen LogP contribution in [0.25, 0.3) is 16.2 Å². The molecule has 32 heavy (non-hydrogen) atoms. The standard InChI is InChI=1S/C23H21N3O5S/c1-29-17-7-8-20(30-2)18(11-17)19-12-26-16(13-32-23(26)25-19)10-21(27)24-15-6-4-5-14(9-15)22(28)31-3/h4-9,11-13H,10H2,1-3H3,(H,24,27). The third-order valence-corrected chi connectivity index (χ3v) is 5.76. The molecule has 4 rings (SSSR count). The van der Waals surface area contributed by atoms with Crippen molar-refractivity contribution < 1.29 is 23.8 Å². The Morgan fingerprint density at radius 2 is 1.94 bits per heavy atom. The minimum absolute atomic E-state index is 0.146. The van der Waals surface area contributed by atoms with E-state index in [1.165, 1.54) is 18.4 Å². The Balaban J connectivity index is 1.56. The van der Waals surface area contributed by atoms with Crippen LogP contribution in [0.15, 0.2) is 54.0 Å². The molecule has 0 aliphatic heterocycles. The number of hydrogen-bond donors (Lipinski definition) is 1. The zero-order chi connectivity index (χ0) is 22.7. The van der Waals surface area contributed by atoms with E-state index in [9.17, 15) is 9.59 Å². The van der Waals surface area contributed by atoms with Crippen molar-refractivity contribution in [2.45, 2.75) is 6.42 Å². The van der Waals surface area contributed by atoms with Gasteiger partial charge in [0.1, 0.15) is 11.5 Å². The number of rotatable bonds is 7. The van der Waals surface area contributed by atoms with Crippen LogP contribution >= 0.6 is 11.3 Å². The Morgan fingerprint density at radius 3 is 2.69 bits per heavy atom. The molecule has 9 heteroatoms. The highest BCUT2D eigenvalue weighted by Gasteiger charge is 2.16. The van der Waals surface area contributed by atoms with Crippen molar-refractivity contribution in [3.05, 3.63) is 65.3 Å².